The first-order valence-corrected chi connectivity index (χ1v) is 17.9. The fourth-order valence-electron chi connectivity index (χ4n) is 7.08. The summed E-state index contributed by atoms with van der Waals surface area (Å²) in [6.07, 6.45) is 3.35. The number of halogens is 1. The molecule has 2 atom stereocenters. The molecule has 3 aliphatic heterocycles. The lowest BCUT2D eigenvalue weighted by molar-refractivity contribution is -0.135. The first kappa shape index (κ1) is 37.9. The molecule has 0 aliphatic carbocycles. The van der Waals surface area contributed by atoms with E-state index in [-0.39, 0.29) is 42.2 Å². The molecule has 0 radical (unpaired) electrons. The quantitative estimate of drug-likeness (QED) is 0.380. The molecule has 13 heteroatoms. The average molecular weight is 708 g/mol. The van der Waals surface area contributed by atoms with Crippen molar-refractivity contribution < 1.29 is 38.5 Å². The number of piperazine rings is 1. The van der Waals surface area contributed by atoms with E-state index in [2.05, 4.69) is 4.90 Å². The summed E-state index contributed by atoms with van der Waals surface area (Å²) in [5.41, 5.74) is 6.71. The number of rotatable bonds is 9. The smallest absolute Gasteiger partial charge is 0.410 e. The monoisotopic (exact) mass is 707 g/mol. The number of benzene rings is 2. The average Bonchev–Trinajstić information content (AvgIpc) is 3.09. The number of carbonyl (C=O) groups is 4. The summed E-state index contributed by atoms with van der Waals surface area (Å²) in [7, 11) is 0. The number of hydrogen-bond acceptors (Lipinski definition) is 7. The summed E-state index contributed by atoms with van der Waals surface area (Å²) in [5, 5.41) is 6.32. The Bertz CT molecular complexity index is 1610. The topological polar surface area (TPSA) is 151 Å². The molecule has 3 aliphatic rings. The maximum absolute atomic E-state index is 14.9. The lowest BCUT2D eigenvalue weighted by Crippen LogP contribution is -2.53. The van der Waals surface area contributed by atoms with Gasteiger partial charge in [0.1, 0.15) is 11.4 Å². The second-order valence-electron chi connectivity index (χ2n) is 14.9. The van der Waals surface area contributed by atoms with Crippen molar-refractivity contribution in [3.05, 3.63) is 70.5 Å². The van der Waals surface area contributed by atoms with Crippen LogP contribution in [0.4, 0.5) is 9.18 Å². The van der Waals surface area contributed by atoms with Crippen molar-refractivity contribution in [2.24, 2.45) is 5.73 Å². The van der Waals surface area contributed by atoms with Crippen LogP contribution in [-0.2, 0) is 20.7 Å². The minimum atomic E-state index is -0.633. The van der Waals surface area contributed by atoms with Crippen molar-refractivity contribution in [1.82, 2.24) is 19.6 Å². The Labute approximate surface area is 299 Å². The van der Waals surface area contributed by atoms with E-state index < -0.39 is 23.2 Å². The minimum absolute atomic E-state index is 0.0141. The van der Waals surface area contributed by atoms with Gasteiger partial charge < -0.3 is 29.9 Å². The molecular weight excluding hydrogens is 655 g/mol. The van der Waals surface area contributed by atoms with Gasteiger partial charge in [-0.15, -0.1) is 0 Å². The summed E-state index contributed by atoms with van der Waals surface area (Å²) in [4.78, 5) is 58.3. The molecule has 4 N–H and O–H groups in total. The van der Waals surface area contributed by atoms with Gasteiger partial charge in [0.15, 0.2) is 5.71 Å². The number of likely N-dealkylation sites (tertiary alicyclic amines) is 2. The van der Waals surface area contributed by atoms with Gasteiger partial charge in [0.05, 0.1) is 41.9 Å². The number of primary amides is 1. The van der Waals surface area contributed by atoms with E-state index in [1.807, 2.05) is 27.7 Å². The van der Waals surface area contributed by atoms with E-state index in [4.69, 9.17) is 20.6 Å². The lowest BCUT2D eigenvalue weighted by Gasteiger charge is -2.40. The first-order chi connectivity index (χ1) is 24.2. The van der Waals surface area contributed by atoms with Crippen molar-refractivity contribution >= 4 is 29.5 Å². The number of amides is 4. The number of carbonyl (C=O) groups excluding carboxylic acids is 4. The molecule has 0 spiro atoms. The standard InChI is InChI=1S/C38H51FN6O6/c1-25-21-28(13-16-45(25)37(49)51-38(2,3)4)50-27-11-14-42(15-12-27)24-34(46)43-17-19-44(20-18-43)36(48)31-22-26(9-10-32(31)39)23-33(40)29-7-5-6-8-30(29)35(41)47/h5-10,22,25,27-28,40H,11-21,23-24H2,1-4H3,(H2,41,47)/p+1/t25-,28+/m0/s1. The van der Waals surface area contributed by atoms with E-state index in [0.29, 0.717) is 61.7 Å². The largest absolute Gasteiger partial charge is 0.444 e. The third-order valence-electron chi connectivity index (χ3n) is 9.85. The van der Waals surface area contributed by atoms with Crippen molar-refractivity contribution in [2.45, 2.75) is 83.6 Å². The van der Waals surface area contributed by atoms with Crippen LogP contribution in [0.3, 0.4) is 0 Å². The molecule has 2 aromatic carbocycles. The highest BCUT2D eigenvalue weighted by atomic mass is 19.1. The van der Waals surface area contributed by atoms with Crippen molar-refractivity contribution in [3.63, 3.8) is 0 Å². The van der Waals surface area contributed by atoms with Crippen LogP contribution in [0, 0.1) is 5.82 Å². The van der Waals surface area contributed by atoms with Crippen molar-refractivity contribution in [2.75, 3.05) is 52.4 Å². The van der Waals surface area contributed by atoms with Gasteiger partial charge in [-0.3, -0.25) is 24.7 Å². The summed E-state index contributed by atoms with van der Waals surface area (Å²) in [6, 6.07) is 11.1. The van der Waals surface area contributed by atoms with Gasteiger partial charge in [0, 0.05) is 51.9 Å². The SMILES string of the molecule is C[C@H]1C[C@H](OC2CCN(CC(=O)N3CCN(C(=O)c4cc(CC(=[NH2+])c5ccccc5C(N)=O)ccc4F)CC3)CC2)CCN1C(=O)OC(C)(C)C. The zero-order valence-electron chi connectivity index (χ0n) is 30.2. The Balaban J connectivity index is 1.04. The summed E-state index contributed by atoms with van der Waals surface area (Å²) in [5.74, 6) is -1.66. The van der Waals surface area contributed by atoms with E-state index in [1.54, 1.807) is 45.0 Å². The summed E-state index contributed by atoms with van der Waals surface area (Å²) < 4.78 is 26.9. The fraction of sp³-hybridized carbons (Fsp3) is 0.553. The van der Waals surface area contributed by atoms with Gasteiger partial charge in [0.2, 0.25) is 11.8 Å². The predicted molar refractivity (Wildman–Crippen MR) is 190 cm³/mol. The van der Waals surface area contributed by atoms with Crippen LogP contribution in [0.2, 0.25) is 0 Å². The zero-order valence-corrected chi connectivity index (χ0v) is 30.2. The third-order valence-corrected chi connectivity index (χ3v) is 9.85. The predicted octanol–water partition coefficient (Wildman–Crippen LogP) is 2.27. The van der Waals surface area contributed by atoms with Gasteiger partial charge in [-0.2, -0.15) is 0 Å². The molecule has 0 aromatic heterocycles. The van der Waals surface area contributed by atoms with Gasteiger partial charge in [-0.25, -0.2) is 9.18 Å². The van der Waals surface area contributed by atoms with Crippen LogP contribution in [0.5, 0.6) is 0 Å². The molecule has 276 valence electrons. The van der Waals surface area contributed by atoms with Gasteiger partial charge in [-0.1, -0.05) is 18.2 Å². The van der Waals surface area contributed by atoms with Gasteiger partial charge in [-0.05, 0) is 83.2 Å². The Morgan fingerprint density at radius 1 is 0.863 bits per heavy atom. The molecule has 3 fully saturated rings. The summed E-state index contributed by atoms with van der Waals surface area (Å²) >= 11 is 0. The Kier molecular flexibility index (Phi) is 12.1. The number of ether oxygens (including phenoxy) is 2. The molecule has 3 heterocycles. The molecule has 2 aromatic rings. The highest BCUT2D eigenvalue weighted by Crippen LogP contribution is 2.26. The summed E-state index contributed by atoms with van der Waals surface area (Å²) in [6.45, 7) is 11.4. The zero-order chi connectivity index (χ0) is 36.9. The first-order valence-electron chi connectivity index (χ1n) is 17.9. The molecular formula is C38H52FN6O6+. The number of piperidine rings is 2. The second-order valence-corrected chi connectivity index (χ2v) is 14.9. The fourth-order valence-corrected chi connectivity index (χ4v) is 7.08. The molecule has 3 saturated heterocycles. The maximum atomic E-state index is 14.9. The van der Waals surface area contributed by atoms with Crippen molar-refractivity contribution in [3.8, 4) is 0 Å². The second kappa shape index (κ2) is 16.3. The van der Waals surface area contributed by atoms with Gasteiger partial charge in [0.25, 0.3) is 5.91 Å². The highest BCUT2D eigenvalue weighted by Gasteiger charge is 2.34. The number of nitrogens with two attached hydrogens (primary N) is 2. The Morgan fingerprint density at radius 2 is 1.49 bits per heavy atom. The maximum Gasteiger partial charge on any atom is 0.410 e. The van der Waals surface area contributed by atoms with Crippen LogP contribution in [-0.4, -0.2) is 125 Å². The van der Waals surface area contributed by atoms with Crippen LogP contribution in [0.25, 0.3) is 0 Å². The lowest BCUT2D eigenvalue weighted by atomic mass is 9.96. The molecule has 5 rings (SSSR count). The van der Waals surface area contributed by atoms with Crippen molar-refractivity contribution in [1.29, 1.82) is 0 Å². The van der Waals surface area contributed by atoms with Crippen LogP contribution in [0.15, 0.2) is 42.5 Å². The minimum Gasteiger partial charge on any atom is -0.444 e. The normalized spacial score (nSPS) is 20.6. The molecule has 0 saturated carbocycles. The highest BCUT2D eigenvalue weighted by molar-refractivity contribution is 6.08. The van der Waals surface area contributed by atoms with E-state index >= 15 is 0 Å². The molecule has 51 heavy (non-hydrogen) atoms. The number of hydrogen-bond donors (Lipinski definition) is 2. The number of nitrogens with zero attached hydrogens (tertiary/aromatic N) is 4. The third kappa shape index (κ3) is 9.91. The van der Waals surface area contributed by atoms with E-state index in [0.717, 1.165) is 38.8 Å². The van der Waals surface area contributed by atoms with E-state index in [9.17, 15) is 23.6 Å². The molecule has 0 unspecified atom stereocenters. The van der Waals surface area contributed by atoms with E-state index in [1.165, 1.54) is 12.1 Å². The molecule has 12 nitrogen and oxygen atoms in total. The molecule has 0 bridgehead atoms. The molecule has 4 amide bonds. The van der Waals surface area contributed by atoms with Crippen LogP contribution >= 0.6 is 0 Å². The Morgan fingerprint density at radius 3 is 2.12 bits per heavy atom. The van der Waals surface area contributed by atoms with Gasteiger partial charge >= 0.3 is 6.09 Å². The Hall–Kier alpha value is -4.36. The van der Waals surface area contributed by atoms with Crippen LogP contribution in [0.1, 0.15) is 85.2 Å². The van der Waals surface area contributed by atoms with Crippen LogP contribution < -0.4 is 11.1 Å².